The number of benzene rings is 2. The van der Waals surface area contributed by atoms with Gasteiger partial charge in [-0.25, -0.2) is 9.97 Å². The molecular formula is C18H14N4O2S. The summed E-state index contributed by atoms with van der Waals surface area (Å²) in [5.74, 6) is -0.181. The standard InChI is InChI=1S/C18H14N4O2S/c23-16(21-18-20-14-7-3-4-8-15(14)25-18)9-10-22-11-19-13-6-2-1-5-12(13)17(22)24/h1-8,11H,9-10H2,(H,20,21,23). The summed E-state index contributed by atoms with van der Waals surface area (Å²) in [6.07, 6.45) is 1.66. The summed E-state index contributed by atoms with van der Waals surface area (Å²) in [7, 11) is 0. The number of para-hydroxylation sites is 2. The number of thiazole rings is 1. The minimum absolute atomic E-state index is 0.140. The van der Waals surface area contributed by atoms with E-state index in [1.54, 1.807) is 18.2 Å². The lowest BCUT2D eigenvalue weighted by Gasteiger charge is -2.06. The zero-order valence-electron chi connectivity index (χ0n) is 13.2. The molecule has 0 bridgehead atoms. The van der Waals surface area contributed by atoms with Crippen LogP contribution in [0.3, 0.4) is 0 Å². The van der Waals surface area contributed by atoms with Gasteiger partial charge in [0, 0.05) is 13.0 Å². The van der Waals surface area contributed by atoms with E-state index in [-0.39, 0.29) is 24.4 Å². The number of hydrogen-bond donors (Lipinski definition) is 1. The molecule has 0 aliphatic rings. The normalized spacial score (nSPS) is 11.0. The number of carbonyl (C=O) groups is 1. The van der Waals surface area contributed by atoms with E-state index < -0.39 is 0 Å². The summed E-state index contributed by atoms with van der Waals surface area (Å²) in [4.78, 5) is 33.2. The van der Waals surface area contributed by atoms with E-state index in [2.05, 4.69) is 15.3 Å². The molecule has 0 aliphatic carbocycles. The Morgan fingerprint density at radius 1 is 1.08 bits per heavy atom. The van der Waals surface area contributed by atoms with Gasteiger partial charge in [0.05, 0.1) is 27.4 Å². The summed E-state index contributed by atoms with van der Waals surface area (Å²) in [5.41, 5.74) is 1.37. The minimum atomic E-state index is -0.181. The summed E-state index contributed by atoms with van der Waals surface area (Å²) in [6.45, 7) is 0.271. The smallest absolute Gasteiger partial charge is 0.261 e. The maximum absolute atomic E-state index is 12.4. The first-order chi connectivity index (χ1) is 12.2. The van der Waals surface area contributed by atoms with E-state index in [0.29, 0.717) is 16.0 Å². The van der Waals surface area contributed by atoms with Crippen molar-refractivity contribution in [3.05, 3.63) is 65.2 Å². The number of aromatic nitrogens is 3. The van der Waals surface area contributed by atoms with E-state index in [0.717, 1.165) is 10.2 Å². The minimum Gasteiger partial charge on any atom is -0.302 e. The highest BCUT2D eigenvalue weighted by atomic mass is 32.1. The Morgan fingerprint density at radius 2 is 1.84 bits per heavy atom. The van der Waals surface area contributed by atoms with Crippen molar-refractivity contribution in [2.24, 2.45) is 0 Å². The average molecular weight is 350 g/mol. The van der Waals surface area contributed by atoms with Crippen molar-refractivity contribution in [3.8, 4) is 0 Å². The van der Waals surface area contributed by atoms with Crippen LogP contribution in [-0.2, 0) is 11.3 Å². The molecule has 4 aromatic rings. The lowest BCUT2D eigenvalue weighted by molar-refractivity contribution is -0.116. The second-order valence-corrected chi connectivity index (χ2v) is 6.58. The highest BCUT2D eigenvalue weighted by Crippen LogP contribution is 2.25. The number of rotatable bonds is 4. The molecule has 2 aromatic carbocycles. The van der Waals surface area contributed by atoms with Gasteiger partial charge in [-0.2, -0.15) is 0 Å². The summed E-state index contributed by atoms with van der Waals surface area (Å²) in [5, 5.41) is 3.91. The first-order valence-corrected chi connectivity index (χ1v) is 8.62. The van der Waals surface area contributed by atoms with Crippen molar-refractivity contribution in [2.45, 2.75) is 13.0 Å². The Hall–Kier alpha value is -3.06. The number of nitrogens with one attached hydrogen (secondary N) is 1. The first-order valence-electron chi connectivity index (χ1n) is 7.80. The molecule has 0 saturated heterocycles. The third-order valence-corrected chi connectivity index (χ3v) is 4.80. The highest BCUT2D eigenvalue weighted by molar-refractivity contribution is 7.22. The maximum atomic E-state index is 12.4. The van der Waals surface area contributed by atoms with Gasteiger partial charge in [-0.05, 0) is 24.3 Å². The Kier molecular flexibility index (Phi) is 3.99. The van der Waals surface area contributed by atoms with Gasteiger partial charge in [0.2, 0.25) is 5.91 Å². The second-order valence-electron chi connectivity index (χ2n) is 5.55. The van der Waals surface area contributed by atoms with Crippen molar-refractivity contribution in [2.75, 3.05) is 5.32 Å². The zero-order valence-corrected chi connectivity index (χ0v) is 14.0. The van der Waals surface area contributed by atoms with Crippen LogP contribution in [0, 0.1) is 0 Å². The number of hydrogen-bond acceptors (Lipinski definition) is 5. The van der Waals surface area contributed by atoms with Crippen LogP contribution < -0.4 is 10.9 Å². The molecule has 0 radical (unpaired) electrons. The van der Waals surface area contributed by atoms with Crippen molar-refractivity contribution in [1.29, 1.82) is 0 Å². The van der Waals surface area contributed by atoms with Gasteiger partial charge in [-0.1, -0.05) is 35.6 Å². The third kappa shape index (κ3) is 3.14. The largest absolute Gasteiger partial charge is 0.302 e. The van der Waals surface area contributed by atoms with E-state index in [1.807, 2.05) is 30.3 Å². The van der Waals surface area contributed by atoms with Gasteiger partial charge < -0.3 is 5.32 Å². The van der Waals surface area contributed by atoms with E-state index >= 15 is 0 Å². The first kappa shape index (κ1) is 15.5. The van der Waals surface area contributed by atoms with Gasteiger partial charge in [0.1, 0.15) is 0 Å². The maximum Gasteiger partial charge on any atom is 0.261 e. The number of amides is 1. The van der Waals surface area contributed by atoms with Gasteiger partial charge in [0.15, 0.2) is 5.13 Å². The second kappa shape index (κ2) is 6.45. The van der Waals surface area contributed by atoms with E-state index in [4.69, 9.17) is 0 Å². The molecule has 25 heavy (non-hydrogen) atoms. The molecule has 0 spiro atoms. The Morgan fingerprint density at radius 3 is 2.68 bits per heavy atom. The summed E-state index contributed by atoms with van der Waals surface area (Å²) < 4.78 is 2.48. The summed E-state index contributed by atoms with van der Waals surface area (Å²) >= 11 is 1.43. The molecule has 0 unspecified atom stereocenters. The summed E-state index contributed by atoms with van der Waals surface area (Å²) in [6, 6.07) is 14.9. The van der Waals surface area contributed by atoms with Crippen LogP contribution in [0.25, 0.3) is 21.1 Å². The lowest BCUT2D eigenvalue weighted by atomic mass is 10.2. The van der Waals surface area contributed by atoms with Crippen LogP contribution in [0.15, 0.2) is 59.7 Å². The predicted molar refractivity (Wildman–Crippen MR) is 98.9 cm³/mol. The van der Waals surface area contributed by atoms with Crippen LogP contribution in [0.2, 0.25) is 0 Å². The van der Waals surface area contributed by atoms with Crippen molar-refractivity contribution >= 4 is 43.5 Å². The lowest BCUT2D eigenvalue weighted by Crippen LogP contribution is -2.23. The van der Waals surface area contributed by atoms with Crippen LogP contribution >= 0.6 is 11.3 Å². The molecule has 2 heterocycles. The van der Waals surface area contributed by atoms with Gasteiger partial charge in [-0.3, -0.25) is 14.2 Å². The third-order valence-electron chi connectivity index (χ3n) is 3.85. The molecule has 0 aliphatic heterocycles. The van der Waals surface area contributed by atoms with E-state index in [1.165, 1.54) is 22.2 Å². The highest BCUT2D eigenvalue weighted by Gasteiger charge is 2.09. The Labute approximate surface area is 146 Å². The quantitative estimate of drug-likeness (QED) is 0.614. The predicted octanol–water partition coefficient (Wildman–Crippen LogP) is 3.04. The molecule has 0 saturated carbocycles. The fraction of sp³-hybridized carbons (Fsp3) is 0.111. The van der Waals surface area contributed by atoms with E-state index in [9.17, 15) is 9.59 Å². The van der Waals surface area contributed by atoms with Crippen LogP contribution in [0.4, 0.5) is 5.13 Å². The number of anilines is 1. The molecular weight excluding hydrogens is 336 g/mol. The molecule has 2 aromatic heterocycles. The van der Waals surface area contributed by atoms with Crippen LogP contribution in [0.1, 0.15) is 6.42 Å². The molecule has 1 amide bonds. The zero-order chi connectivity index (χ0) is 17.2. The number of nitrogens with zero attached hydrogens (tertiary/aromatic N) is 3. The number of carbonyl (C=O) groups excluding carboxylic acids is 1. The van der Waals surface area contributed by atoms with Gasteiger partial charge in [-0.15, -0.1) is 0 Å². The molecule has 6 nitrogen and oxygen atoms in total. The van der Waals surface area contributed by atoms with Gasteiger partial charge >= 0.3 is 0 Å². The van der Waals surface area contributed by atoms with Crippen molar-refractivity contribution in [3.63, 3.8) is 0 Å². The topological polar surface area (TPSA) is 76.9 Å². The molecule has 0 fully saturated rings. The van der Waals surface area contributed by atoms with Crippen molar-refractivity contribution in [1.82, 2.24) is 14.5 Å². The molecule has 124 valence electrons. The molecule has 7 heteroatoms. The fourth-order valence-corrected chi connectivity index (χ4v) is 3.48. The van der Waals surface area contributed by atoms with Crippen molar-refractivity contribution < 1.29 is 4.79 Å². The molecule has 1 N–H and O–H groups in total. The number of fused-ring (bicyclic) bond motifs is 2. The molecule has 4 rings (SSSR count). The molecule has 0 atom stereocenters. The SMILES string of the molecule is O=C(CCn1cnc2ccccc2c1=O)Nc1nc2ccccc2s1. The monoisotopic (exact) mass is 350 g/mol. The van der Waals surface area contributed by atoms with Crippen LogP contribution in [0.5, 0.6) is 0 Å². The average Bonchev–Trinajstić information content (AvgIpc) is 3.03. The number of aryl methyl sites for hydroxylation is 1. The van der Waals surface area contributed by atoms with Crippen LogP contribution in [-0.4, -0.2) is 20.4 Å². The Balaban J connectivity index is 1.46. The fourth-order valence-electron chi connectivity index (χ4n) is 2.59. The Bertz CT molecular complexity index is 1100. The van der Waals surface area contributed by atoms with Gasteiger partial charge in [0.25, 0.3) is 5.56 Å².